The van der Waals surface area contributed by atoms with Crippen LogP contribution in [-0.2, 0) is 4.79 Å². The first-order valence-corrected chi connectivity index (χ1v) is 3.86. The maximum atomic E-state index is 10.0. The number of carboxylic acids is 1. The molecule has 0 aromatic heterocycles. The van der Waals surface area contributed by atoms with E-state index in [0.29, 0.717) is 0 Å². The number of carboxylic acid groups (broad SMARTS) is 1. The van der Waals surface area contributed by atoms with Gasteiger partial charge in [0.1, 0.15) is 0 Å². The quantitative estimate of drug-likeness (QED) is 0.380. The van der Waals surface area contributed by atoms with Gasteiger partial charge >= 0.3 is 5.97 Å². The van der Waals surface area contributed by atoms with Gasteiger partial charge in [0.25, 0.3) is 0 Å². The van der Waals surface area contributed by atoms with Gasteiger partial charge in [-0.2, -0.15) is 0 Å². The minimum atomic E-state index is -0.857. The van der Waals surface area contributed by atoms with Gasteiger partial charge in [0, 0.05) is 6.08 Å². The molecular weight excluding hydrogens is 140 g/mol. The van der Waals surface area contributed by atoms with Crippen molar-refractivity contribution in [2.45, 2.75) is 25.7 Å². The van der Waals surface area contributed by atoms with E-state index in [1.165, 1.54) is 24.5 Å². The summed E-state index contributed by atoms with van der Waals surface area (Å²) < 4.78 is 0. The highest BCUT2D eigenvalue weighted by Gasteiger charge is 2.08. The van der Waals surface area contributed by atoms with Crippen LogP contribution < -0.4 is 0 Å². The molecule has 1 fully saturated rings. The van der Waals surface area contributed by atoms with Gasteiger partial charge in [-0.25, -0.2) is 4.79 Å². The van der Waals surface area contributed by atoms with E-state index in [4.69, 9.17) is 5.11 Å². The average Bonchev–Trinajstić information content (AvgIpc) is 2.70. The van der Waals surface area contributed by atoms with Crippen LogP contribution in [0, 0.1) is 0 Å². The molecule has 0 aromatic rings. The highest BCUT2D eigenvalue weighted by molar-refractivity contribution is 5.79. The van der Waals surface area contributed by atoms with Crippen LogP contribution in [0.1, 0.15) is 25.7 Å². The molecule has 1 N–H and O–H groups in total. The minimum Gasteiger partial charge on any atom is -0.478 e. The molecule has 11 heavy (non-hydrogen) atoms. The zero-order chi connectivity index (χ0) is 8.10. The maximum absolute atomic E-state index is 10.0. The fourth-order valence-electron chi connectivity index (χ4n) is 0.844. The second-order valence-electron chi connectivity index (χ2n) is 2.68. The van der Waals surface area contributed by atoms with E-state index in [-0.39, 0.29) is 0 Å². The molecule has 0 atom stereocenters. The summed E-state index contributed by atoms with van der Waals surface area (Å²) in [7, 11) is 0. The molecule has 1 saturated carbocycles. The third-order valence-corrected chi connectivity index (χ3v) is 1.57. The van der Waals surface area contributed by atoms with Gasteiger partial charge in [0.15, 0.2) is 0 Å². The Labute approximate surface area is 66.2 Å². The number of unbranched alkanes of at least 4 members (excludes halogenated alkanes) is 1. The molecule has 0 aromatic carbocycles. The fourth-order valence-corrected chi connectivity index (χ4v) is 0.844. The van der Waals surface area contributed by atoms with Crippen molar-refractivity contribution in [2.24, 2.45) is 0 Å². The first-order chi connectivity index (χ1) is 5.29. The fraction of sp³-hybridized carbons (Fsp3) is 0.444. The molecule has 0 aliphatic heterocycles. The van der Waals surface area contributed by atoms with Crippen LogP contribution in [0.25, 0.3) is 0 Å². The lowest BCUT2D eigenvalue weighted by atomic mass is 10.2. The number of hydrogen-bond donors (Lipinski definition) is 1. The molecule has 2 heteroatoms. The minimum absolute atomic E-state index is 0.843. The van der Waals surface area contributed by atoms with Crippen LogP contribution in [-0.4, -0.2) is 11.1 Å². The van der Waals surface area contributed by atoms with Crippen LogP contribution in [0.3, 0.4) is 0 Å². The zero-order valence-corrected chi connectivity index (χ0v) is 6.42. The largest absolute Gasteiger partial charge is 0.478 e. The van der Waals surface area contributed by atoms with E-state index in [0.717, 1.165) is 12.8 Å². The van der Waals surface area contributed by atoms with E-state index in [1.54, 1.807) is 6.08 Å². The Bertz CT molecular complexity index is 196. The van der Waals surface area contributed by atoms with Crippen molar-refractivity contribution in [1.29, 1.82) is 0 Å². The molecule has 0 bridgehead atoms. The summed E-state index contributed by atoms with van der Waals surface area (Å²) >= 11 is 0. The Kier molecular flexibility index (Phi) is 2.90. The number of hydrogen-bond acceptors (Lipinski definition) is 1. The number of rotatable bonds is 4. The smallest absolute Gasteiger partial charge is 0.327 e. The SMILES string of the molecule is O=C(O)C=CCCC=C1CC1. The van der Waals surface area contributed by atoms with Crippen LogP contribution in [0.4, 0.5) is 0 Å². The lowest BCUT2D eigenvalue weighted by molar-refractivity contribution is -0.131. The average molecular weight is 152 g/mol. The number of aliphatic carboxylic acids is 1. The molecular formula is C9H12O2. The van der Waals surface area contributed by atoms with E-state index in [9.17, 15) is 4.79 Å². The van der Waals surface area contributed by atoms with Crippen molar-refractivity contribution in [3.63, 3.8) is 0 Å². The summed E-state index contributed by atoms with van der Waals surface area (Å²) in [6.45, 7) is 0. The van der Waals surface area contributed by atoms with Crippen molar-refractivity contribution >= 4 is 5.97 Å². The Balaban J connectivity index is 2.03. The highest BCUT2D eigenvalue weighted by Crippen LogP contribution is 2.27. The van der Waals surface area contributed by atoms with Crippen molar-refractivity contribution < 1.29 is 9.90 Å². The summed E-state index contributed by atoms with van der Waals surface area (Å²) in [4.78, 5) is 10.0. The van der Waals surface area contributed by atoms with Gasteiger partial charge in [-0.15, -0.1) is 0 Å². The predicted octanol–water partition coefficient (Wildman–Crippen LogP) is 2.13. The summed E-state index contributed by atoms with van der Waals surface area (Å²) in [5.41, 5.74) is 1.52. The molecule has 0 radical (unpaired) electrons. The van der Waals surface area contributed by atoms with Gasteiger partial charge < -0.3 is 5.11 Å². The molecule has 2 nitrogen and oxygen atoms in total. The van der Waals surface area contributed by atoms with Crippen molar-refractivity contribution in [3.8, 4) is 0 Å². The summed E-state index contributed by atoms with van der Waals surface area (Å²) in [6.07, 6.45) is 9.43. The Morgan fingerprint density at radius 2 is 2.18 bits per heavy atom. The normalized spacial score (nSPS) is 15.5. The Hall–Kier alpha value is -1.05. The van der Waals surface area contributed by atoms with Gasteiger partial charge in [-0.05, 0) is 25.7 Å². The van der Waals surface area contributed by atoms with Gasteiger partial charge in [0.2, 0.25) is 0 Å². The molecule has 0 amide bonds. The molecule has 60 valence electrons. The summed E-state index contributed by atoms with van der Waals surface area (Å²) in [6, 6.07) is 0. The zero-order valence-electron chi connectivity index (χ0n) is 6.42. The van der Waals surface area contributed by atoms with E-state index < -0.39 is 5.97 Å². The van der Waals surface area contributed by atoms with Crippen molar-refractivity contribution in [3.05, 3.63) is 23.8 Å². The van der Waals surface area contributed by atoms with E-state index in [1.807, 2.05) is 0 Å². The molecule has 0 unspecified atom stereocenters. The highest BCUT2D eigenvalue weighted by atomic mass is 16.4. The third-order valence-electron chi connectivity index (χ3n) is 1.57. The lowest BCUT2D eigenvalue weighted by Gasteiger charge is -1.83. The van der Waals surface area contributed by atoms with Crippen LogP contribution in [0.5, 0.6) is 0 Å². The van der Waals surface area contributed by atoms with Gasteiger partial charge in [0.05, 0.1) is 0 Å². The molecule has 0 heterocycles. The van der Waals surface area contributed by atoms with Crippen LogP contribution in [0.15, 0.2) is 23.8 Å². The van der Waals surface area contributed by atoms with E-state index >= 15 is 0 Å². The van der Waals surface area contributed by atoms with Crippen molar-refractivity contribution in [1.82, 2.24) is 0 Å². The van der Waals surface area contributed by atoms with Crippen LogP contribution >= 0.6 is 0 Å². The first-order valence-electron chi connectivity index (χ1n) is 3.86. The Morgan fingerprint density at radius 1 is 1.45 bits per heavy atom. The van der Waals surface area contributed by atoms with E-state index in [2.05, 4.69) is 6.08 Å². The van der Waals surface area contributed by atoms with Gasteiger partial charge in [-0.1, -0.05) is 17.7 Å². The van der Waals surface area contributed by atoms with Crippen molar-refractivity contribution in [2.75, 3.05) is 0 Å². The monoisotopic (exact) mass is 152 g/mol. The molecule has 1 rings (SSSR count). The second-order valence-corrected chi connectivity index (χ2v) is 2.68. The van der Waals surface area contributed by atoms with Crippen LogP contribution in [0.2, 0.25) is 0 Å². The topological polar surface area (TPSA) is 37.3 Å². The predicted molar refractivity (Wildman–Crippen MR) is 43.3 cm³/mol. The van der Waals surface area contributed by atoms with Gasteiger partial charge in [-0.3, -0.25) is 0 Å². The first kappa shape index (κ1) is 8.05. The molecule has 1 aliphatic carbocycles. The molecule has 0 spiro atoms. The standard InChI is InChI=1S/C9H12O2/c10-9(11)5-3-1-2-4-8-6-7-8/h3-5H,1-2,6-7H2,(H,10,11). The maximum Gasteiger partial charge on any atom is 0.327 e. The lowest BCUT2D eigenvalue weighted by Crippen LogP contribution is -1.84. The Morgan fingerprint density at radius 3 is 2.73 bits per heavy atom. The summed E-state index contributed by atoms with van der Waals surface area (Å²) in [5, 5.41) is 8.23. The molecule has 1 aliphatic rings. The second kappa shape index (κ2) is 3.96. The third kappa shape index (κ3) is 4.37. The number of carbonyl (C=O) groups is 1. The molecule has 0 saturated heterocycles. The summed E-state index contributed by atoms with van der Waals surface area (Å²) in [5.74, 6) is -0.857. The number of allylic oxidation sites excluding steroid dienone is 3.